The molecule has 1 aromatic carbocycles. The molecular weight excluding hydrogens is 271 g/mol. The van der Waals surface area contributed by atoms with Gasteiger partial charge >= 0.3 is 6.36 Å². The van der Waals surface area contributed by atoms with Gasteiger partial charge in [-0.1, -0.05) is 19.1 Å². The van der Waals surface area contributed by atoms with E-state index in [-0.39, 0.29) is 11.8 Å². The summed E-state index contributed by atoms with van der Waals surface area (Å²) in [5.41, 5.74) is 0.745. The predicted molar refractivity (Wildman–Crippen MR) is 70.7 cm³/mol. The summed E-state index contributed by atoms with van der Waals surface area (Å²) in [6.45, 7) is 3.27. The molecule has 0 aliphatic rings. The third kappa shape index (κ3) is 6.25. The van der Waals surface area contributed by atoms with Crippen molar-refractivity contribution in [2.45, 2.75) is 32.2 Å². The third-order valence-corrected chi connectivity index (χ3v) is 2.74. The van der Waals surface area contributed by atoms with E-state index < -0.39 is 6.36 Å². The molecule has 1 aromatic rings. The monoisotopic (exact) mass is 291 g/mol. The second-order valence-electron chi connectivity index (χ2n) is 4.36. The molecule has 0 amide bonds. The molecule has 3 nitrogen and oxygen atoms in total. The van der Waals surface area contributed by atoms with Gasteiger partial charge in [-0.2, -0.15) is 0 Å². The van der Waals surface area contributed by atoms with Crippen molar-refractivity contribution in [3.63, 3.8) is 0 Å². The van der Waals surface area contributed by atoms with Gasteiger partial charge in [0, 0.05) is 19.3 Å². The van der Waals surface area contributed by atoms with Gasteiger partial charge in [0.25, 0.3) is 0 Å². The van der Waals surface area contributed by atoms with Crippen molar-refractivity contribution in [2.24, 2.45) is 0 Å². The SMILES string of the molecule is CCCOCCC(NC)c1cccc(OC(F)(F)F)c1. The highest BCUT2D eigenvalue weighted by atomic mass is 19.4. The lowest BCUT2D eigenvalue weighted by molar-refractivity contribution is -0.274. The van der Waals surface area contributed by atoms with Crippen LogP contribution in [0.1, 0.15) is 31.4 Å². The van der Waals surface area contributed by atoms with Crippen molar-refractivity contribution >= 4 is 0 Å². The van der Waals surface area contributed by atoms with Crippen molar-refractivity contribution < 1.29 is 22.6 Å². The first-order valence-electron chi connectivity index (χ1n) is 6.57. The van der Waals surface area contributed by atoms with Crippen LogP contribution in [0.4, 0.5) is 13.2 Å². The molecule has 0 spiro atoms. The van der Waals surface area contributed by atoms with Crippen LogP contribution in [0.3, 0.4) is 0 Å². The van der Waals surface area contributed by atoms with Crippen molar-refractivity contribution in [1.29, 1.82) is 0 Å². The van der Waals surface area contributed by atoms with Gasteiger partial charge in [0.1, 0.15) is 5.75 Å². The van der Waals surface area contributed by atoms with E-state index in [0.29, 0.717) is 19.6 Å². The average Bonchev–Trinajstić information content (AvgIpc) is 2.37. The molecule has 20 heavy (non-hydrogen) atoms. The Morgan fingerprint density at radius 3 is 2.60 bits per heavy atom. The van der Waals surface area contributed by atoms with Crippen molar-refractivity contribution in [1.82, 2.24) is 5.32 Å². The second kappa shape index (κ2) is 8.11. The van der Waals surface area contributed by atoms with E-state index in [0.717, 1.165) is 12.0 Å². The van der Waals surface area contributed by atoms with E-state index in [2.05, 4.69) is 10.1 Å². The Kier molecular flexibility index (Phi) is 6.81. The van der Waals surface area contributed by atoms with E-state index in [1.807, 2.05) is 6.92 Å². The van der Waals surface area contributed by atoms with Crippen LogP contribution in [0, 0.1) is 0 Å². The Hall–Kier alpha value is -1.27. The molecule has 0 bridgehead atoms. The second-order valence-corrected chi connectivity index (χ2v) is 4.36. The maximum Gasteiger partial charge on any atom is 0.573 e. The molecule has 0 fully saturated rings. The Balaban J connectivity index is 2.65. The first kappa shape index (κ1) is 16.8. The highest BCUT2D eigenvalue weighted by molar-refractivity contribution is 5.30. The smallest absolute Gasteiger partial charge is 0.406 e. The van der Waals surface area contributed by atoms with Gasteiger partial charge < -0.3 is 14.8 Å². The predicted octanol–water partition coefficient (Wildman–Crippen LogP) is 3.66. The van der Waals surface area contributed by atoms with Gasteiger partial charge in [-0.15, -0.1) is 13.2 Å². The van der Waals surface area contributed by atoms with Gasteiger partial charge in [-0.05, 0) is 37.6 Å². The minimum atomic E-state index is -4.67. The summed E-state index contributed by atoms with van der Waals surface area (Å²) in [6, 6.07) is 5.94. The molecule has 0 radical (unpaired) electrons. The van der Waals surface area contributed by atoms with E-state index in [1.165, 1.54) is 12.1 Å². The molecule has 6 heteroatoms. The third-order valence-electron chi connectivity index (χ3n) is 2.74. The van der Waals surface area contributed by atoms with Gasteiger partial charge in [-0.3, -0.25) is 0 Å². The molecule has 1 N–H and O–H groups in total. The topological polar surface area (TPSA) is 30.5 Å². The molecule has 1 rings (SSSR count). The van der Waals surface area contributed by atoms with E-state index >= 15 is 0 Å². The van der Waals surface area contributed by atoms with Crippen molar-refractivity contribution in [3.05, 3.63) is 29.8 Å². The molecule has 0 aliphatic carbocycles. The highest BCUT2D eigenvalue weighted by Gasteiger charge is 2.31. The number of hydrogen-bond acceptors (Lipinski definition) is 3. The normalized spacial score (nSPS) is 13.2. The summed E-state index contributed by atoms with van der Waals surface area (Å²) < 4.78 is 45.9. The quantitative estimate of drug-likeness (QED) is 0.741. The summed E-state index contributed by atoms with van der Waals surface area (Å²) in [6.07, 6.45) is -3.04. The summed E-state index contributed by atoms with van der Waals surface area (Å²) in [5, 5.41) is 3.07. The molecule has 114 valence electrons. The molecule has 0 saturated carbocycles. The fourth-order valence-corrected chi connectivity index (χ4v) is 1.85. The highest BCUT2D eigenvalue weighted by Crippen LogP contribution is 2.26. The summed E-state index contributed by atoms with van der Waals surface area (Å²) in [5.74, 6) is -0.204. The molecule has 0 saturated heterocycles. The maximum atomic E-state index is 12.2. The standard InChI is InChI=1S/C14H20F3NO2/c1-3-8-19-9-7-13(18-2)11-5-4-6-12(10-11)20-14(15,16)17/h4-6,10,13,18H,3,7-9H2,1-2H3. The maximum absolute atomic E-state index is 12.2. The summed E-state index contributed by atoms with van der Waals surface area (Å²) >= 11 is 0. The van der Waals surface area contributed by atoms with Gasteiger partial charge in [0.2, 0.25) is 0 Å². The van der Waals surface area contributed by atoms with Crippen LogP contribution in [0.15, 0.2) is 24.3 Å². The Morgan fingerprint density at radius 1 is 1.25 bits per heavy atom. The van der Waals surface area contributed by atoms with Crippen LogP contribution in [0.25, 0.3) is 0 Å². The average molecular weight is 291 g/mol. The molecule has 0 heterocycles. The minimum absolute atomic E-state index is 0.0661. The fourth-order valence-electron chi connectivity index (χ4n) is 1.85. The zero-order valence-electron chi connectivity index (χ0n) is 11.7. The van der Waals surface area contributed by atoms with Crippen LogP contribution in [0.5, 0.6) is 5.75 Å². The lowest BCUT2D eigenvalue weighted by Crippen LogP contribution is -2.20. The Morgan fingerprint density at radius 2 is 2.00 bits per heavy atom. The molecule has 1 atom stereocenters. The van der Waals surface area contributed by atoms with Crippen LogP contribution < -0.4 is 10.1 Å². The largest absolute Gasteiger partial charge is 0.573 e. The Bertz CT molecular complexity index is 396. The number of nitrogens with one attached hydrogen (secondary N) is 1. The first-order chi connectivity index (χ1) is 9.46. The van der Waals surface area contributed by atoms with Crippen LogP contribution in [-0.4, -0.2) is 26.6 Å². The lowest BCUT2D eigenvalue weighted by atomic mass is 10.0. The molecule has 1 unspecified atom stereocenters. The van der Waals surface area contributed by atoms with Gasteiger partial charge in [0.05, 0.1) is 0 Å². The summed E-state index contributed by atoms with van der Waals surface area (Å²) in [7, 11) is 1.77. The van der Waals surface area contributed by atoms with E-state index in [4.69, 9.17) is 4.74 Å². The molecular formula is C14H20F3NO2. The number of benzene rings is 1. The van der Waals surface area contributed by atoms with Gasteiger partial charge in [-0.25, -0.2) is 0 Å². The Labute approximate surface area is 117 Å². The fraction of sp³-hybridized carbons (Fsp3) is 0.571. The van der Waals surface area contributed by atoms with Crippen LogP contribution >= 0.6 is 0 Å². The zero-order valence-corrected chi connectivity index (χ0v) is 11.7. The number of rotatable bonds is 8. The van der Waals surface area contributed by atoms with E-state index in [1.54, 1.807) is 19.2 Å². The number of alkyl halides is 3. The van der Waals surface area contributed by atoms with Crippen LogP contribution in [-0.2, 0) is 4.74 Å². The van der Waals surface area contributed by atoms with Crippen LogP contribution in [0.2, 0.25) is 0 Å². The summed E-state index contributed by atoms with van der Waals surface area (Å²) in [4.78, 5) is 0. The van der Waals surface area contributed by atoms with E-state index in [9.17, 15) is 13.2 Å². The number of halogens is 3. The molecule has 0 aromatic heterocycles. The van der Waals surface area contributed by atoms with Gasteiger partial charge in [0.15, 0.2) is 0 Å². The first-order valence-corrected chi connectivity index (χ1v) is 6.57. The molecule has 0 aliphatic heterocycles. The van der Waals surface area contributed by atoms with Crippen molar-refractivity contribution in [2.75, 3.05) is 20.3 Å². The lowest BCUT2D eigenvalue weighted by Gasteiger charge is -2.18. The number of ether oxygens (including phenoxy) is 2. The van der Waals surface area contributed by atoms with Crippen molar-refractivity contribution in [3.8, 4) is 5.75 Å². The zero-order chi connectivity index (χ0) is 15.0. The minimum Gasteiger partial charge on any atom is -0.406 e. The number of hydrogen-bond donors (Lipinski definition) is 1.